The maximum absolute atomic E-state index is 13.0. The predicted octanol–water partition coefficient (Wildman–Crippen LogP) is 3.69. The molecule has 33 heavy (non-hydrogen) atoms. The number of hydrogen-bond acceptors (Lipinski definition) is 6. The number of hydrogen-bond donors (Lipinski definition) is 2. The van der Waals surface area contributed by atoms with Gasteiger partial charge in [0, 0.05) is 19.1 Å². The van der Waals surface area contributed by atoms with Crippen molar-refractivity contribution in [3.63, 3.8) is 0 Å². The van der Waals surface area contributed by atoms with Gasteiger partial charge in [0.1, 0.15) is 6.04 Å². The monoisotopic (exact) mass is 473 g/mol. The molecule has 1 amide bonds. The van der Waals surface area contributed by atoms with Crippen LogP contribution in [0.5, 0.6) is 0 Å². The van der Waals surface area contributed by atoms with Gasteiger partial charge in [-0.3, -0.25) is 9.69 Å². The van der Waals surface area contributed by atoms with Gasteiger partial charge in [-0.1, -0.05) is 62.7 Å². The van der Waals surface area contributed by atoms with Gasteiger partial charge in [0.25, 0.3) is 0 Å². The van der Waals surface area contributed by atoms with Crippen LogP contribution in [-0.2, 0) is 20.9 Å². The van der Waals surface area contributed by atoms with E-state index in [4.69, 9.17) is 4.74 Å². The minimum atomic E-state index is -0.621. The molecule has 0 aromatic heterocycles. The van der Waals surface area contributed by atoms with Crippen molar-refractivity contribution >= 4 is 34.4 Å². The van der Waals surface area contributed by atoms with Crippen molar-refractivity contribution in [1.29, 1.82) is 0 Å². The van der Waals surface area contributed by atoms with Gasteiger partial charge in [-0.15, -0.1) is 0 Å². The minimum Gasteiger partial charge on any atom is -0.467 e. The van der Waals surface area contributed by atoms with E-state index >= 15 is 0 Å². The third-order valence-electron chi connectivity index (χ3n) is 6.23. The van der Waals surface area contributed by atoms with Crippen molar-refractivity contribution in [3.8, 4) is 0 Å². The van der Waals surface area contributed by atoms with Crippen LogP contribution in [0.25, 0.3) is 10.8 Å². The first-order valence-corrected chi connectivity index (χ1v) is 13.0. The number of amides is 1. The molecular weight excluding hydrogens is 434 g/mol. The van der Waals surface area contributed by atoms with Gasteiger partial charge in [0.2, 0.25) is 5.91 Å². The Hall–Kier alpha value is -2.09. The van der Waals surface area contributed by atoms with Crippen molar-refractivity contribution in [1.82, 2.24) is 15.5 Å². The normalized spacial score (nSPS) is 14.1. The number of rotatable bonds is 14. The van der Waals surface area contributed by atoms with Crippen molar-refractivity contribution in [2.24, 2.45) is 5.92 Å². The fourth-order valence-corrected chi connectivity index (χ4v) is 4.52. The topological polar surface area (TPSA) is 70.7 Å². The molecule has 0 saturated heterocycles. The SMILES string of the molecule is CCC(C)[C@@H](CN(CC(=O)N[C@@H](CCSC)C(=O)OC)Cc1cccc2ccccc12)NC. The Morgan fingerprint density at radius 1 is 1.15 bits per heavy atom. The number of esters is 1. The third-order valence-corrected chi connectivity index (χ3v) is 6.87. The van der Waals surface area contributed by atoms with Crippen LogP contribution >= 0.6 is 11.8 Å². The molecule has 0 radical (unpaired) electrons. The molecule has 0 aliphatic carbocycles. The first-order chi connectivity index (χ1) is 15.9. The van der Waals surface area contributed by atoms with Crippen LogP contribution < -0.4 is 10.6 Å². The highest BCUT2D eigenvalue weighted by molar-refractivity contribution is 7.98. The Balaban J connectivity index is 2.22. The first kappa shape index (κ1) is 27.2. The lowest BCUT2D eigenvalue weighted by Gasteiger charge is -2.31. The Labute approximate surface area is 202 Å². The standard InChI is InChI=1S/C26H39N3O3S/c1-6-19(2)24(27-3)17-29(16-21-12-9-11-20-10-7-8-13-22(20)21)18-25(30)28-23(14-15-33-5)26(31)32-4/h7-13,19,23-24,27H,6,14-18H2,1-5H3,(H,28,30)/t19?,23-,24+/m0/s1. The van der Waals surface area contributed by atoms with E-state index < -0.39 is 12.0 Å². The van der Waals surface area contributed by atoms with Crippen molar-refractivity contribution < 1.29 is 14.3 Å². The van der Waals surface area contributed by atoms with Crippen LogP contribution in [0.2, 0.25) is 0 Å². The highest BCUT2D eigenvalue weighted by Crippen LogP contribution is 2.21. The van der Waals surface area contributed by atoms with Crippen molar-refractivity contribution in [2.45, 2.75) is 45.3 Å². The van der Waals surface area contributed by atoms with Crippen molar-refractivity contribution in [2.75, 3.05) is 39.3 Å². The maximum Gasteiger partial charge on any atom is 0.328 e. The fraction of sp³-hybridized carbons (Fsp3) is 0.538. The molecule has 0 aliphatic rings. The van der Waals surface area contributed by atoms with Gasteiger partial charge in [0.05, 0.1) is 13.7 Å². The molecule has 3 atom stereocenters. The minimum absolute atomic E-state index is 0.161. The van der Waals surface area contributed by atoms with Crippen LogP contribution in [-0.4, -0.2) is 68.1 Å². The Kier molecular flexibility index (Phi) is 11.7. The number of benzene rings is 2. The van der Waals surface area contributed by atoms with E-state index in [1.807, 2.05) is 25.4 Å². The number of nitrogens with zero attached hydrogens (tertiary/aromatic N) is 1. The molecule has 1 unspecified atom stereocenters. The fourth-order valence-electron chi connectivity index (χ4n) is 4.04. The zero-order chi connectivity index (χ0) is 24.2. The number of methoxy groups -OCH3 is 1. The van der Waals surface area contributed by atoms with Crippen LogP contribution in [0.15, 0.2) is 42.5 Å². The molecule has 2 aromatic carbocycles. The number of carbonyl (C=O) groups is 2. The summed E-state index contributed by atoms with van der Waals surface area (Å²) >= 11 is 1.64. The Morgan fingerprint density at radius 3 is 2.55 bits per heavy atom. The summed E-state index contributed by atoms with van der Waals surface area (Å²) in [6.07, 6.45) is 3.59. The summed E-state index contributed by atoms with van der Waals surface area (Å²) in [5.41, 5.74) is 1.19. The van der Waals surface area contributed by atoms with Gasteiger partial charge in [-0.05, 0) is 47.7 Å². The number of fused-ring (bicyclic) bond motifs is 1. The second kappa shape index (κ2) is 14.2. The zero-order valence-electron chi connectivity index (χ0n) is 20.6. The van der Waals surface area contributed by atoms with Crippen molar-refractivity contribution in [3.05, 3.63) is 48.0 Å². The molecule has 0 fully saturated rings. The molecule has 0 bridgehead atoms. The predicted molar refractivity (Wildman–Crippen MR) is 138 cm³/mol. The van der Waals surface area contributed by atoms with Crippen LogP contribution in [0.3, 0.4) is 0 Å². The molecule has 0 spiro atoms. The second-order valence-corrected chi connectivity index (χ2v) is 9.50. The summed E-state index contributed by atoms with van der Waals surface area (Å²) in [7, 11) is 3.33. The van der Waals surface area contributed by atoms with E-state index in [1.165, 1.54) is 23.4 Å². The molecule has 2 aromatic rings. The lowest BCUT2D eigenvalue weighted by molar-refractivity contribution is -0.145. The zero-order valence-corrected chi connectivity index (χ0v) is 21.4. The van der Waals surface area contributed by atoms with E-state index in [9.17, 15) is 9.59 Å². The molecule has 7 heteroatoms. The average molecular weight is 474 g/mol. The van der Waals surface area contributed by atoms with E-state index in [1.54, 1.807) is 11.8 Å². The molecule has 0 aliphatic heterocycles. The summed E-state index contributed by atoms with van der Waals surface area (Å²) < 4.78 is 4.90. The summed E-state index contributed by atoms with van der Waals surface area (Å²) in [6.45, 7) is 6.01. The summed E-state index contributed by atoms with van der Waals surface area (Å²) in [5, 5.41) is 8.71. The number of ether oxygens (including phenoxy) is 1. The molecule has 2 rings (SSSR count). The number of nitrogens with one attached hydrogen (secondary N) is 2. The lowest BCUT2D eigenvalue weighted by Crippen LogP contribution is -2.49. The van der Waals surface area contributed by atoms with E-state index in [-0.39, 0.29) is 18.5 Å². The van der Waals surface area contributed by atoms with E-state index in [2.05, 4.69) is 59.7 Å². The molecule has 182 valence electrons. The van der Waals surface area contributed by atoms with Gasteiger partial charge in [-0.2, -0.15) is 11.8 Å². The van der Waals surface area contributed by atoms with Crippen LogP contribution in [0, 0.1) is 5.92 Å². The summed E-state index contributed by atoms with van der Waals surface area (Å²) in [4.78, 5) is 27.4. The van der Waals surface area contributed by atoms with E-state index in [0.29, 0.717) is 18.9 Å². The molecular formula is C26H39N3O3S. The largest absolute Gasteiger partial charge is 0.467 e. The third kappa shape index (κ3) is 8.32. The van der Waals surface area contributed by atoms with Gasteiger partial charge >= 0.3 is 5.97 Å². The summed E-state index contributed by atoms with van der Waals surface area (Å²) in [5.74, 6) is 0.684. The highest BCUT2D eigenvalue weighted by atomic mass is 32.2. The maximum atomic E-state index is 13.0. The van der Waals surface area contributed by atoms with Gasteiger partial charge in [0.15, 0.2) is 0 Å². The van der Waals surface area contributed by atoms with E-state index in [0.717, 1.165) is 18.7 Å². The Bertz CT molecular complexity index is 887. The molecule has 0 saturated carbocycles. The number of likely N-dealkylation sites (N-methyl/N-ethyl adjacent to an activating group) is 1. The summed E-state index contributed by atoms with van der Waals surface area (Å²) in [6, 6.07) is 14.3. The van der Waals surface area contributed by atoms with Crippen LogP contribution in [0.4, 0.5) is 0 Å². The number of thioether (sulfide) groups is 1. The number of carbonyl (C=O) groups excluding carboxylic acids is 2. The van der Waals surface area contributed by atoms with Gasteiger partial charge in [-0.25, -0.2) is 4.79 Å². The molecule has 0 heterocycles. The smallest absolute Gasteiger partial charge is 0.328 e. The molecule has 6 nitrogen and oxygen atoms in total. The first-order valence-electron chi connectivity index (χ1n) is 11.7. The Morgan fingerprint density at radius 2 is 1.88 bits per heavy atom. The second-order valence-electron chi connectivity index (χ2n) is 8.51. The molecule has 2 N–H and O–H groups in total. The average Bonchev–Trinajstić information content (AvgIpc) is 2.84. The highest BCUT2D eigenvalue weighted by Gasteiger charge is 2.24. The lowest BCUT2D eigenvalue weighted by atomic mass is 9.98. The van der Waals surface area contributed by atoms with Gasteiger partial charge < -0.3 is 15.4 Å². The quantitative estimate of drug-likeness (QED) is 0.408. The van der Waals surface area contributed by atoms with Crippen LogP contribution in [0.1, 0.15) is 32.3 Å².